The van der Waals surface area contributed by atoms with Gasteiger partial charge >= 0.3 is 6.03 Å². The second-order valence-corrected chi connectivity index (χ2v) is 5.84. The summed E-state index contributed by atoms with van der Waals surface area (Å²) < 4.78 is 0. The van der Waals surface area contributed by atoms with Crippen LogP contribution in [0.4, 0.5) is 10.5 Å². The maximum atomic E-state index is 12.0. The van der Waals surface area contributed by atoms with Crippen LogP contribution in [0, 0.1) is 20.8 Å². The predicted molar refractivity (Wildman–Crippen MR) is 90.2 cm³/mol. The molecule has 1 rings (SSSR count). The molecule has 0 spiro atoms. The van der Waals surface area contributed by atoms with Gasteiger partial charge in [0, 0.05) is 11.7 Å². The van der Waals surface area contributed by atoms with Gasteiger partial charge in [0.1, 0.15) is 0 Å². The zero-order chi connectivity index (χ0) is 16.7. The molecule has 0 aliphatic rings. The Balaban J connectivity index is 2.49. The molecule has 0 heterocycles. The molecule has 0 aliphatic carbocycles. The number of hydrogen-bond acceptors (Lipinski definition) is 2. The lowest BCUT2D eigenvalue weighted by molar-refractivity contribution is -0.115. The number of nitrogens with one attached hydrogen (secondary N) is 3. The molecule has 0 unspecified atom stereocenters. The van der Waals surface area contributed by atoms with Gasteiger partial charge in [-0.25, -0.2) is 4.79 Å². The number of carbonyl (C=O) groups is 2. The van der Waals surface area contributed by atoms with E-state index in [0.29, 0.717) is 0 Å². The average Bonchev–Trinajstić information content (AvgIpc) is 2.40. The van der Waals surface area contributed by atoms with Gasteiger partial charge < -0.3 is 16.0 Å². The van der Waals surface area contributed by atoms with Crippen molar-refractivity contribution in [2.24, 2.45) is 0 Å². The summed E-state index contributed by atoms with van der Waals surface area (Å²) in [7, 11) is 0. The number of hydrogen-bond donors (Lipinski definition) is 3. The summed E-state index contributed by atoms with van der Waals surface area (Å²) in [5, 5.41) is 8.24. The minimum atomic E-state index is -0.312. The van der Waals surface area contributed by atoms with Gasteiger partial charge in [0.05, 0.1) is 6.54 Å². The van der Waals surface area contributed by atoms with Gasteiger partial charge in [-0.2, -0.15) is 0 Å². The van der Waals surface area contributed by atoms with Crippen molar-refractivity contribution in [3.05, 3.63) is 28.8 Å². The normalized spacial score (nSPS) is 11.7. The number of aryl methyl sites for hydroxylation is 3. The molecule has 22 heavy (non-hydrogen) atoms. The molecule has 1 atom stereocenters. The van der Waals surface area contributed by atoms with Gasteiger partial charge in [-0.05, 0) is 45.2 Å². The lowest BCUT2D eigenvalue weighted by atomic mass is 10.1. The molecule has 3 amide bonds. The Hall–Kier alpha value is -2.04. The molecule has 3 N–H and O–H groups in total. The summed E-state index contributed by atoms with van der Waals surface area (Å²) in [5.74, 6) is -0.228. The van der Waals surface area contributed by atoms with E-state index in [4.69, 9.17) is 0 Å². The monoisotopic (exact) mass is 305 g/mol. The third-order valence-electron chi connectivity index (χ3n) is 3.45. The molecule has 5 nitrogen and oxygen atoms in total. The quantitative estimate of drug-likeness (QED) is 0.756. The van der Waals surface area contributed by atoms with E-state index in [1.807, 2.05) is 39.8 Å². The average molecular weight is 305 g/mol. The van der Waals surface area contributed by atoms with Crippen molar-refractivity contribution < 1.29 is 9.59 Å². The molecule has 0 bridgehead atoms. The van der Waals surface area contributed by atoms with Gasteiger partial charge in [-0.15, -0.1) is 0 Å². The van der Waals surface area contributed by atoms with E-state index < -0.39 is 0 Å². The van der Waals surface area contributed by atoms with E-state index in [2.05, 4.69) is 22.9 Å². The number of urea groups is 1. The molecule has 1 aromatic carbocycles. The summed E-state index contributed by atoms with van der Waals surface area (Å²) in [6.07, 6.45) is 1.93. The molecule has 1 aromatic rings. The molecule has 0 saturated carbocycles. The molecule has 0 aromatic heterocycles. The Morgan fingerprint density at radius 1 is 1.14 bits per heavy atom. The molecule has 0 fully saturated rings. The fourth-order valence-corrected chi connectivity index (χ4v) is 2.50. The standard InChI is InChI=1S/C17H27N3O2/c1-6-7-14(5)19-17(22)18-10-15(21)20-16-12(3)8-11(2)9-13(16)4/h8-9,14H,6-7,10H2,1-5H3,(H,20,21)(H2,18,19,22)/t14-/m1/s1. The van der Waals surface area contributed by atoms with Crippen LogP contribution in [-0.4, -0.2) is 24.5 Å². The van der Waals surface area contributed by atoms with Crippen LogP contribution >= 0.6 is 0 Å². The smallest absolute Gasteiger partial charge is 0.315 e. The zero-order valence-corrected chi connectivity index (χ0v) is 14.2. The van der Waals surface area contributed by atoms with Gasteiger partial charge in [-0.3, -0.25) is 4.79 Å². The largest absolute Gasteiger partial charge is 0.336 e. The fourth-order valence-electron chi connectivity index (χ4n) is 2.50. The highest BCUT2D eigenvalue weighted by molar-refractivity contribution is 5.95. The first-order valence-corrected chi connectivity index (χ1v) is 7.75. The molecule has 0 radical (unpaired) electrons. The third kappa shape index (κ3) is 5.76. The summed E-state index contributed by atoms with van der Waals surface area (Å²) in [4.78, 5) is 23.6. The summed E-state index contributed by atoms with van der Waals surface area (Å²) in [6.45, 7) is 9.91. The van der Waals surface area contributed by atoms with Crippen LogP contribution < -0.4 is 16.0 Å². The number of carbonyl (C=O) groups excluding carboxylic acids is 2. The Bertz CT molecular complexity index is 518. The van der Waals surface area contributed by atoms with Crippen molar-refractivity contribution in [2.75, 3.05) is 11.9 Å². The number of anilines is 1. The Kier molecular flexibility index (Phi) is 6.89. The lowest BCUT2D eigenvalue weighted by Crippen LogP contribution is -2.43. The van der Waals surface area contributed by atoms with E-state index >= 15 is 0 Å². The topological polar surface area (TPSA) is 70.2 Å². The van der Waals surface area contributed by atoms with Gasteiger partial charge in [0.15, 0.2) is 0 Å². The highest BCUT2D eigenvalue weighted by atomic mass is 16.2. The van der Waals surface area contributed by atoms with E-state index in [0.717, 1.165) is 35.2 Å². The third-order valence-corrected chi connectivity index (χ3v) is 3.45. The minimum absolute atomic E-state index is 0.0442. The molecule has 5 heteroatoms. The van der Waals surface area contributed by atoms with E-state index in [9.17, 15) is 9.59 Å². The molecule has 0 aliphatic heterocycles. The Morgan fingerprint density at radius 3 is 2.27 bits per heavy atom. The van der Waals surface area contributed by atoms with Crippen LogP contribution in [-0.2, 0) is 4.79 Å². The molecule has 0 saturated heterocycles. The molecule has 122 valence electrons. The van der Waals surface area contributed by atoms with E-state index in [1.54, 1.807) is 0 Å². The van der Waals surface area contributed by atoms with Crippen molar-refractivity contribution in [3.8, 4) is 0 Å². The fraction of sp³-hybridized carbons (Fsp3) is 0.529. The summed E-state index contributed by atoms with van der Waals surface area (Å²) >= 11 is 0. The van der Waals surface area contributed by atoms with Gasteiger partial charge in [-0.1, -0.05) is 31.0 Å². The highest BCUT2D eigenvalue weighted by Gasteiger charge is 2.10. The van der Waals surface area contributed by atoms with Gasteiger partial charge in [0.2, 0.25) is 5.91 Å². The molecular formula is C17H27N3O2. The Labute approximate surface area is 132 Å². The van der Waals surface area contributed by atoms with Crippen molar-refractivity contribution >= 4 is 17.6 Å². The van der Waals surface area contributed by atoms with E-state index in [1.165, 1.54) is 0 Å². The predicted octanol–water partition coefficient (Wildman–Crippen LogP) is 3.04. The number of rotatable bonds is 6. The summed E-state index contributed by atoms with van der Waals surface area (Å²) in [5.41, 5.74) is 4.02. The summed E-state index contributed by atoms with van der Waals surface area (Å²) in [6, 6.07) is 3.84. The van der Waals surface area contributed by atoms with Crippen LogP contribution in [0.5, 0.6) is 0 Å². The van der Waals surface area contributed by atoms with Crippen LogP contribution in [0.15, 0.2) is 12.1 Å². The lowest BCUT2D eigenvalue weighted by Gasteiger charge is -2.15. The first kappa shape index (κ1) is 18.0. The van der Waals surface area contributed by atoms with Crippen LogP contribution in [0.3, 0.4) is 0 Å². The first-order chi connectivity index (χ1) is 10.3. The first-order valence-electron chi connectivity index (χ1n) is 7.75. The van der Waals surface area contributed by atoms with Crippen LogP contribution in [0.2, 0.25) is 0 Å². The van der Waals surface area contributed by atoms with Gasteiger partial charge in [0.25, 0.3) is 0 Å². The van der Waals surface area contributed by atoms with Crippen LogP contribution in [0.1, 0.15) is 43.4 Å². The number of amides is 3. The Morgan fingerprint density at radius 2 is 1.73 bits per heavy atom. The van der Waals surface area contributed by atoms with Crippen LogP contribution in [0.25, 0.3) is 0 Å². The van der Waals surface area contributed by atoms with Crippen molar-refractivity contribution in [1.82, 2.24) is 10.6 Å². The van der Waals surface area contributed by atoms with Crippen molar-refractivity contribution in [2.45, 2.75) is 53.5 Å². The van der Waals surface area contributed by atoms with E-state index in [-0.39, 0.29) is 24.5 Å². The van der Waals surface area contributed by atoms with Crippen molar-refractivity contribution in [3.63, 3.8) is 0 Å². The maximum absolute atomic E-state index is 12.0. The zero-order valence-electron chi connectivity index (χ0n) is 14.2. The second-order valence-electron chi connectivity index (χ2n) is 5.84. The van der Waals surface area contributed by atoms with Crippen molar-refractivity contribution in [1.29, 1.82) is 0 Å². The highest BCUT2D eigenvalue weighted by Crippen LogP contribution is 2.21. The minimum Gasteiger partial charge on any atom is -0.336 e. The number of benzene rings is 1. The maximum Gasteiger partial charge on any atom is 0.315 e. The second kappa shape index (κ2) is 8.41. The molecular weight excluding hydrogens is 278 g/mol. The SMILES string of the molecule is CCC[C@@H](C)NC(=O)NCC(=O)Nc1c(C)cc(C)cc1C.